The molecule has 25 heavy (non-hydrogen) atoms. The van der Waals surface area contributed by atoms with E-state index in [4.69, 9.17) is 10.5 Å². The molecule has 1 amide bonds. The molecule has 1 aliphatic rings. The number of nitrogens with one attached hydrogen (secondary N) is 1. The maximum Gasteiger partial charge on any atom is 0.251 e. The van der Waals surface area contributed by atoms with Crippen LogP contribution in [0.4, 0.5) is 5.95 Å². The van der Waals surface area contributed by atoms with Crippen molar-refractivity contribution in [2.45, 2.75) is 12.8 Å². The van der Waals surface area contributed by atoms with Gasteiger partial charge in [0.25, 0.3) is 5.91 Å². The van der Waals surface area contributed by atoms with Crippen molar-refractivity contribution in [1.82, 2.24) is 20.2 Å². The monoisotopic (exact) mass is 341 g/mol. The van der Waals surface area contributed by atoms with Gasteiger partial charge in [0.2, 0.25) is 11.8 Å². The molecule has 1 aromatic carbocycles. The quantitative estimate of drug-likeness (QED) is 0.828. The molecule has 3 N–H and O–H groups in total. The number of hydrogen-bond donors (Lipinski definition) is 2. The number of nitrogens with two attached hydrogens (primary N) is 1. The Morgan fingerprint density at radius 1 is 1.28 bits per heavy atom. The Morgan fingerprint density at radius 3 is 2.84 bits per heavy atom. The van der Waals surface area contributed by atoms with Crippen LogP contribution >= 0.6 is 0 Å². The van der Waals surface area contributed by atoms with E-state index in [0.717, 1.165) is 25.2 Å². The van der Waals surface area contributed by atoms with Gasteiger partial charge in [0.1, 0.15) is 0 Å². The van der Waals surface area contributed by atoms with Gasteiger partial charge >= 0.3 is 0 Å². The van der Waals surface area contributed by atoms with E-state index in [2.05, 4.69) is 20.2 Å². The van der Waals surface area contributed by atoms with Crippen LogP contribution in [0.3, 0.4) is 0 Å². The van der Waals surface area contributed by atoms with Gasteiger partial charge in [-0.05, 0) is 38.1 Å². The van der Waals surface area contributed by atoms with Gasteiger partial charge in [-0.2, -0.15) is 4.98 Å². The number of nitrogens with zero attached hydrogens (tertiary/aromatic N) is 3. The number of ether oxygens (including phenoxy) is 1. The third kappa shape index (κ3) is 4.45. The van der Waals surface area contributed by atoms with E-state index in [1.807, 2.05) is 12.1 Å². The fourth-order valence-corrected chi connectivity index (χ4v) is 2.95. The fraction of sp³-hybridized carbons (Fsp3) is 0.389. The lowest BCUT2D eigenvalue weighted by Gasteiger charge is -2.14. The highest BCUT2D eigenvalue weighted by Crippen LogP contribution is 2.22. The zero-order valence-electron chi connectivity index (χ0n) is 14.4. The van der Waals surface area contributed by atoms with Gasteiger partial charge in [0.05, 0.1) is 12.8 Å². The molecule has 7 heteroatoms. The van der Waals surface area contributed by atoms with E-state index in [-0.39, 0.29) is 11.9 Å². The molecule has 0 atom stereocenters. The Balaban J connectivity index is 1.68. The van der Waals surface area contributed by atoms with Crippen LogP contribution in [-0.4, -0.2) is 54.1 Å². The highest BCUT2D eigenvalue weighted by Gasteiger charge is 2.13. The van der Waals surface area contributed by atoms with Crippen LogP contribution in [0.15, 0.2) is 30.3 Å². The first-order valence-corrected chi connectivity index (χ1v) is 8.45. The van der Waals surface area contributed by atoms with Gasteiger partial charge in [0, 0.05) is 30.3 Å². The summed E-state index contributed by atoms with van der Waals surface area (Å²) in [5.74, 6) is 0.438. The number of rotatable bonds is 6. The summed E-state index contributed by atoms with van der Waals surface area (Å²) < 4.78 is 5.12. The molecule has 1 saturated heterocycles. The molecular weight excluding hydrogens is 318 g/mol. The molecule has 0 bridgehead atoms. The molecule has 2 aromatic rings. The summed E-state index contributed by atoms with van der Waals surface area (Å²) in [6.07, 6.45) is 2.50. The molecule has 1 aliphatic heterocycles. The van der Waals surface area contributed by atoms with Gasteiger partial charge in [0.15, 0.2) is 0 Å². The van der Waals surface area contributed by atoms with Gasteiger partial charge in [-0.15, -0.1) is 0 Å². The molecule has 7 nitrogen and oxygen atoms in total. The molecule has 2 heterocycles. The molecule has 0 radical (unpaired) electrons. The number of aromatic nitrogens is 2. The lowest BCUT2D eigenvalue weighted by molar-refractivity contribution is 0.0950. The predicted molar refractivity (Wildman–Crippen MR) is 96.4 cm³/mol. The minimum absolute atomic E-state index is 0.0879. The Bertz CT molecular complexity index is 744. The molecule has 1 aromatic heterocycles. The van der Waals surface area contributed by atoms with Crippen molar-refractivity contribution in [2.75, 3.05) is 39.0 Å². The highest BCUT2D eigenvalue weighted by molar-refractivity contribution is 5.95. The minimum atomic E-state index is -0.0879. The van der Waals surface area contributed by atoms with Gasteiger partial charge in [-0.1, -0.05) is 12.1 Å². The number of carbonyl (C=O) groups excluding carboxylic acids is 1. The largest absolute Gasteiger partial charge is 0.481 e. The predicted octanol–water partition coefficient (Wildman–Crippen LogP) is 1.56. The van der Waals surface area contributed by atoms with Crippen molar-refractivity contribution in [3.63, 3.8) is 0 Å². The normalized spacial score (nSPS) is 14.4. The number of carbonyl (C=O) groups is 1. The molecule has 3 rings (SSSR count). The molecule has 0 spiro atoms. The topological polar surface area (TPSA) is 93.4 Å². The average Bonchev–Trinajstić information content (AvgIpc) is 3.14. The molecule has 0 aliphatic carbocycles. The lowest BCUT2D eigenvalue weighted by Crippen LogP contribution is -2.33. The number of benzene rings is 1. The van der Waals surface area contributed by atoms with Crippen molar-refractivity contribution >= 4 is 11.9 Å². The molecule has 1 fully saturated rings. The Labute approximate surface area is 147 Å². The van der Waals surface area contributed by atoms with E-state index >= 15 is 0 Å². The highest BCUT2D eigenvalue weighted by atomic mass is 16.5. The van der Waals surface area contributed by atoms with Crippen LogP contribution < -0.4 is 15.8 Å². The van der Waals surface area contributed by atoms with Crippen LogP contribution in [0.5, 0.6) is 5.88 Å². The van der Waals surface area contributed by atoms with Crippen LogP contribution in [0, 0.1) is 0 Å². The van der Waals surface area contributed by atoms with Gasteiger partial charge in [-0.25, -0.2) is 4.98 Å². The second-order valence-corrected chi connectivity index (χ2v) is 6.04. The summed E-state index contributed by atoms with van der Waals surface area (Å²) in [4.78, 5) is 22.9. The van der Waals surface area contributed by atoms with Crippen molar-refractivity contribution in [3.05, 3.63) is 35.9 Å². The second kappa shape index (κ2) is 7.94. The molecular formula is C18H23N5O2. The number of anilines is 1. The van der Waals surface area contributed by atoms with Crippen LogP contribution in [0.1, 0.15) is 23.2 Å². The van der Waals surface area contributed by atoms with E-state index in [9.17, 15) is 4.79 Å². The molecule has 132 valence electrons. The first-order chi connectivity index (χ1) is 12.2. The first-order valence-electron chi connectivity index (χ1n) is 8.45. The number of methoxy groups -OCH3 is 1. The first kappa shape index (κ1) is 17.2. The standard InChI is InChI=1S/C18H23N5O2/c1-25-16-12-15(21-18(19)22-16)13-5-4-6-14(11-13)17(24)20-7-10-23-8-2-3-9-23/h4-6,11-12H,2-3,7-10H2,1H3,(H,20,24)(H2,19,21,22). The van der Waals surface area contributed by atoms with Crippen molar-refractivity contribution in [2.24, 2.45) is 0 Å². The molecule has 0 unspecified atom stereocenters. The summed E-state index contributed by atoms with van der Waals surface area (Å²) in [5.41, 5.74) is 7.71. The lowest BCUT2D eigenvalue weighted by atomic mass is 10.1. The Kier molecular flexibility index (Phi) is 5.45. The van der Waals surface area contributed by atoms with Crippen molar-refractivity contribution < 1.29 is 9.53 Å². The number of hydrogen-bond acceptors (Lipinski definition) is 6. The van der Waals surface area contributed by atoms with Crippen LogP contribution in [0.2, 0.25) is 0 Å². The number of likely N-dealkylation sites (tertiary alicyclic amines) is 1. The average molecular weight is 341 g/mol. The summed E-state index contributed by atoms with van der Waals surface area (Å²) >= 11 is 0. The summed E-state index contributed by atoms with van der Waals surface area (Å²) in [7, 11) is 1.52. The van der Waals surface area contributed by atoms with Crippen molar-refractivity contribution in [1.29, 1.82) is 0 Å². The summed E-state index contributed by atoms with van der Waals surface area (Å²) in [6, 6.07) is 8.99. The zero-order valence-corrected chi connectivity index (χ0v) is 14.4. The summed E-state index contributed by atoms with van der Waals surface area (Å²) in [5, 5.41) is 2.98. The second-order valence-electron chi connectivity index (χ2n) is 6.04. The number of amides is 1. The fourth-order valence-electron chi connectivity index (χ4n) is 2.95. The maximum absolute atomic E-state index is 12.4. The van der Waals surface area contributed by atoms with Crippen LogP contribution in [-0.2, 0) is 0 Å². The van der Waals surface area contributed by atoms with Gasteiger partial charge < -0.3 is 20.7 Å². The Hall–Kier alpha value is -2.67. The maximum atomic E-state index is 12.4. The third-order valence-corrected chi connectivity index (χ3v) is 4.26. The zero-order chi connectivity index (χ0) is 17.6. The van der Waals surface area contributed by atoms with Crippen LogP contribution in [0.25, 0.3) is 11.3 Å². The SMILES string of the molecule is COc1cc(-c2cccc(C(=O)NCCN3CCCC3)c2)nc(N)n1. The van der Waals surface area contributed by atoms with Crippen molar-refractivity contribution in [3.8, 4) is 17.1 Å². The number of nitrogen functional groups attached to an aromatic ring is 1. The van der Waals surface area contributed by atoms with E-state index in [1.165, 1.54) is 20.0 Å². The smallest absolute Gasteiger partial charge is 0.251 e. The van der Waals surface area contributed by atoms with E-state index in [0.29, 0.717) is 23.7 Å². The minimum Gasteiger partial charge on any atom is -0.481 e. The molecule has 0 saturated carbocycles. The van der Waals surface area contributed by atoms with E-state index in [1.54, 1.807) is 18.2 Å². The Morgan fingerprint density at radius 2 is 2.08 bits per heavy atom. The third-order valence-electron chi connectivity index (χ3n) is 4.26. The summed E-state index contributed by atoms with van der Waals surface area (Å²) in [6.45, 7) is 3.80. The van der Waals surface area contributed by atoms with E-state index < -0.39 is 0 Å². The van der Waals surface area contributed by atoms with Gasteiger partial charge in [-0.3, -0.25) is 4.79 Å².